The molecule has 3 nitrogen and oxygen atoms in total. The number of rotatable bonds is 11. The molecule has 0 amide bonds. The summed E-state index contributed by atoms with van der Waals surface area (Å²) in [5, 5.41) is 0.321. The Kier molecular flexibility index (Phi) is 10.8. The van der Waals surface area contributed by atoms with Crippen molar-refractivity contribution in [2.75, 3.05) is 0 Å². The normalized spacial score (nSPS) is 13.4. The van der Waals surface area contributed by atoms with Crippen molar-refractivity contribution in [1.29, 1.82) is 0 Å². The topological polar surface area (TPSA) is 27.7 Å². The van der Waals surface area contributed by atoms with Gasteiger partial charge in [-0.05, 0) is 94.8 Å². The van der Waals surface area contributed by atoms with Crippen LogP contribution in [0, 0.1) is 12.3 Å². The van der Waals surface area contributed by atoms with Gasteiger partial charge in [0.15, 0.2) is 16.6 Å². The minimum Gasteiger partial charge on any atom is -0.489 e. The third-order valence-corrected chi connectivity index (χ3v) is 17.3. The maximum absolute atomic E-state index is 6.65. The molecule has 0 aliphatic carbocycles. The van der Waals surface area contributed by atoms with Crippen LogP contribution >= 0.6 is 0 Å². The predicted molar refractivity (Wildman–Crippen MR) is 168 cm³/mol. The minimum atomic E-state index is -1.90. The fourth-order valence-corrected chi connectivity index (χ4v) is 5.33. The summed E-state index contributed by atoms with van der Waals surface area (Å²) in [6.45, 7) is 26.7. The van der Waals surface area contributed by atoms with Gasteiger partial charge in [-0.25, -0.2) is 0 Å². The first-order chi connectivity index (χ1) is 17.5. The maximum atomic E-state index is 6.65. The average Bonchev–Trinajstić information content (AvgIpc) is 2.82. The van der Waals surface area contributed by atoms with Crippen molar-refractivity contribution in [1.82, 2.24) is 0 Å². The van der Waals surface area contributed by atoms with Crippen molar-refractivity contribution in [3.05, 3.63) is 70.8 Å². The number of allylic oxidation sites excluding steroid dienone is 2. The zero-order valence-electron chi connectivity index (χ0n) is 25.7. The van der Waals surface area contributed by atoms with E-state index in [-0.39, 0.29) is 10.1 Å². The van der Waals surface area contributed by atoms with Gasteiger partial charge in [-0.2, -0.15) is 0 Å². The van der Waals surface area contributed by atoms with Gasteiger partial charge in [0.05, 0.1) is 13.2 Å². The second kappa shape index (κ2) is 12.8. The van der Waals surface area contributed by atoms with E-state index >= 15 is 0 Å². The molecule has 5 heteroatoms. The molecule has 0 radical (unpaired) electrons. The monoisotopic (exact) mass is 550 g/mol. The largest absolute Gasteiger partial charge is 0.489 e. The Labute approximate surface area is 235 Å². The van der Waals surface area contributed by atoms with Gasteiger partial charge in [0, 0.05) is 0 Å². The average molecular weight is 551 g/mol. The summed E-state index contributed by atoms with van der Waals surface area (Å²) >= 11 is 0. The highest BCUT2D eigenvalue weighted by molar-refractivity contribution is 6.74. The Morgan fingerprint density at radius 1 is 0.816 bits per heavy atom. The van der Waals surface area contributed by atoms with Crippen molar-refractivity contribution in [2.24, 2.45) is 0 Å². The molecular weight excluding hydrogens is 501 g/mol. The lowest BCUT2D eigenvalue weighted by Gasteiger charge is -2.37. The predicted octanol–water partition coefficient (Wildman–Crippen LogP) is 9.74. The van der Waals surface area contributed by atoms with E-state index in [9.17, 15) is 0 Å². The standard InChI is InChI=1S/C33H50O3Si2/c1-13-16-27(14-2)28-17-15-18-31(22-28)34-23-26-19-20-29(24-35-37(9,10)32(3,4)5)30(21-26)25-36-38(11,12)33(6,7)8/h1,15-22H,14,23-25H2,2-12H3/b27-16+. The lowest BCUT2D eigenvalue weighted by atomic mass is 10.0. The van der Waals surface area contributed by atoms with Gasteiger partial charge in [0.25, 0.3) is 0 Å². The molecule has 0 aliphatic rings. The third-order valence-electron chi connectivity index (χ3n) is 8.31. The van der Waals surface area contributed by atoms with E-state index < -0.39 is 16.6 Å². The molecule has 208 valence electrons. The zero-order chi connectivity index (χ0) is 28.8. The smallest absolute Gasteiger partial charge is 0.192 e. The maximum Gasteiger partial charge on any atom is 0.192 e. The minimum absolute atomic E-state index is 0.155. The Bertz CT molecular complexity index is 1140. The highest BCUT2D eigenvalue weighted by Crippen LogP contribution is 2.39. The lowest BCUT2D eigenvalue weighted by Crippen LogP contribution is -2.41. The summed E-state index contributed by atoms with van der Waals surface area (Å²) in [6.07, 6.45) is 8.22. The first-order valence-corrected chi connectivity index (χ1v) is 19.6. The van der Waals surface area contributed by atoms with Gasteiger partial charge in [0.1, 0.15) is 12.4 Å². The summed E-state index contributed by atoms with van der Waals surface area (Å²) < 4.78 is 19.5. The van der Waals surface area contributed by atoms with Crippen LogP contribution in [-0.2, 0) is 28.7 Å². The summed E-state index contributed by atoms with van der Waals surface area (Å²) in [7, 11) is -3.77. The summed E-state index contributed by atoms with van der Waals surface area (Å²) in [6, 6.07) is 14.7. The van der Waals surface area contributed by atoms with Crippen LogP contribution in [0.5, 0.6) is 5.75 Å². The van der Waals surface area contributed by atoms with Gasteiger partial charge >= 0.3 is 0 Å². The van der Waals surface area contributed by atoms with Crippen molar-refractivity contribution in [3.8, 4) is 18.1 Å². The van der Waals surface area contributed by atoms with Gasteiger partial charge in [-0.3, -0.25) is 0 Å². The Hall–Kier alpha value is -2.11. The molecule has 0 bridgehead atoms. The van der Waals surface area contributed by atoms with E-state index in [1.807, 2.05) is 18.2 Å². The molecule has 0 saturated heterocycles. The van der Waals surface area contributed by atoms with E-state index in [1.165, 1.54) is 11.1 Å². The van der Waals surface area contributed by atoms with Gasteiger partial charge < -0.3 is 13.6 Å². The summed E-state index contributed by atoms with van der Waals surface area (Å²) in [4.78, 5) is 0. The van der Waals surface area contributed by atoms with Crippen LogP contribution in [0.4, 0.5) is 0 Å². The number of terminal acetylenes is 1. The van der Waals surface area contributed by atoms with Crippen LogP contribution in [0.1, 0.15) is 77.1 Å². The zero-order valence-corrected chi connectivity index (χ0v) is 27.7. The van der Waals surface area contributed by atoms with Crippen LogP contribution in [-0.4, -0.2) is 16.6 Å². The van der Waals surface area contributed by atoms with Crippen molar-refractivity contribution in [3.63, 3.8) is 0 Å². The molecule has 2 rings (SSSR count). The van der Waals surface area contributed by atoms with Crippen LogP contribution in [0.2, 0.25) is 36.3 Å². The molecule has 0 heterocycles. The fraction of sp³-hybridized carbons (Fsp3) is 0.515. The Balaban J connectivity index is 2.28. The number of benzene rings is 2. The fourth-order valence-electron chi connectivity index (χ4n) is 3.44. The second-order valence-corrected chi connectivity index (χ2v) is 22.8. The van der Waals surface area contributed by atoms with Gasteiger partial charge in [-0.15, -0.1) is 6.42 Å². The molecule has 38 heavy (non-hydrogen) atoms. The highest BCUT2D eigenvalue weighted by atomic mass is 28.4. The number of hydrogen-bond acceptors (Lipinski definition) is 3. The van der Waals surface area contributed by atoms with E-state index in [0.717, 1.165) is 28.9 Å². The third kappa shape index (κ3) is 8.71. The molecular formula is C33H50O3Si2. The molecule has 2 aromatic rings. The molecule has 0 N–H and O–H groups in total. The van der Waals surface area contributed by atoms with Crippen LogP contribution in [0.15, 0.2) is 48.5 Å². The Morgan fingerprint density at radius 2 is 1.39 bits per heavy atom. The Morgan fingerprint density at radius 3 is 1.92 bits per heavy atom. The molecule has 2 aromatic carbocycles. The van der Waals surface area contributed by atoms with Crippen LogP contribution < -0.4 is 4.74 Å². The van der Waals surface area contributed by atoms with Gasteiger partial charge in [-0.1, -0.05) is 78.7 Å². The molecule has 0 unspecified atom stereocenters. The molecule has 0 spiro atoms. The molecule has 0 atom stereocenters. The molecule has 0 saturated carbocycles. The summed E-state index contributed by atoms with van der Waals surface area (Å²) in [5.41, 5.74) is 5.74. The number of ether oxygens (including phenoxy) is 1. The van der Waals surface area contributed by atoms with Crippen molar-refractivity contribution in [2.45, 2.75) is 111 Å². The van der Waals surface area contributed by atoms with E-state index in [0.29, 0.717) is 19.8 Å². The first kappa shape index (κ1) is 32.1. The lowest BCUT2D eigenvalue weighted by molar-refractivity contribution is 0.256. The molecule has 0 fully saturated rings. The van der Waals surface area contributed by atoms with Crippen molar-refractivity contribution < 1.29 is 13.6 Å². The van der Waals surface area contributed by atoms with Crippen molar-refractivity contribution >= 4 is 22.2 Å². The number of hydrogen-bond donors (Lipinski definition) is 0. The quantitative estimate of drug-likeness (QED) is 0.206. The van der Waals surface area contributed by atoms with Gasteiger partial charge in [0.2, 0.25) is 0 Å². The highest BCUT2D eigenvalue weighted by Gasteiger charge is 2.38. The van der Waals surface area contributed by atoms with E-state index in [2.05, 4.69) is 111 Å². The molecule has 0 aromatic heterocycles. The van der Waals surface area contributed by atoms with Crippen LogP contribution in [0.25, 0.3) is 5.57 Å². The SMILES string of the molecule is C#C/C=C(\CC)c1cccc(OCc2ccc(CO[Si](C)(C)C(C)(C)C)c(CO[Si](C)(C)C(C)(C)C)c2)c1. The van der Waals surface area contributed by atoms with E-state index in [4.69, 9.17) is 20.0 Å². The van der Waals surface area contributed by atoms with Crippen LogP contribution in [0.3, 0.4) is 0 Å². The second-order valence-electron chi connectivity index (χ2n) is 13.2. The molecule has 0 aliphatic heterocycles. The summed E-state index contributed by atoms with van der Waals surface area (Å²) in [5.74, 6) is 3.48. The van der Waals surface area contributed by atoms with E-state index in [1.54, 1.807) is 0 Å². The first-order valence-electron chi connectivity index (χ1n) is 13.8.